The SMILES string of the molecule is CP=C(Oc1ccccc1SSc1ncccc1[N+](=O)[O-])[C@H]1CCC(C)C1. The molecule has 5 nitrogen and oxygen atoms in total. The highest BCUT2D eigenvalue weighted by Gasteiger charge is 2.26. The number of rotatable bonds is 7. The summed E-state index contributed by atoms with van der Waals surface area (Å²) in [5.41, 5.74) is 1.13. The molecule has 8 heteroatoms. The Kier molecular flexibility index (Phi) is 7.16. The van der Waals surface area contributed by atoms with Crippen molar-refractivity contribution in [1.29, 1.82) is 0 Å². The van der Waals surface area contributed by atoms with Gasteiger partial charge in [0.1, 0.15) is 11.2 Å². The van der Waals surface area contributed by atoms with Gasteiger partial charge in [0.05, 0.1) is 9.82 Å². The Labute approximate surface area is 168 Å². The fraction of sp³-hybridized carbons (Fsp3) is 0.368. The lowest BCUT2D eigenvalue weighted by molar-refractivity contribution is -0.388. The molecule has 1 aliphatic carbocycles. The maximum Gasteiger partial charge on any atom is 0.302 e. The topological polar surface area (TPSA) is 65.3 Å². The van der Waals surface area contributed by atoms with Gasteiger partial charge in [-0.1, -0.05) is 27.3 Å². The summed E-state index contributed by atoms with van der Waals surface area (Å²) in [4.78, 5) is 15.9. The van der Waals surface area contributed by atoms with Gasteiger partial charge in [-0.2, -0.15) is 0 Å². The molecular weight excluding hydrogens is 399 g/mol. The van der Waals surface area contributed by atoms with Gasteiger partial charge in [-0.3, -0.25) is 10.1 Å². The van der Waals surface area contributed by atoms with Crippen LogP contribution in [0.3, 0.4) is 0 Å². The molecule has 2 aromatic rings. The summed E-state index contributed by atoms with van der Waals surface area (Å²) in [6.45, 7) is 4.41. The highest BCUT2D eigenvalue weighted by molar-refractivity contribution is 8.76. The molecular formula is C19H21N2O3PS2. The fourth-order valence-electron chi connectivity index (χ4n) is 3.13. The Bertz CT molecular complexity index is 847. The van der Waals surface area contributed by atoms with E-state index in [4.69, 9.17) is 4.74 Å². The highest BCUT2D eigenvalue weighted by atomic mass is 33.1. The van der Waals surface area contributed by atoms with E-state index in [9.17, 15) is 10.1 Å². The summed E-state index contributed by atoms with van der Waals surface area (Å²) >= 11 is 0. The highest BCUT2D eigenvalue weighted by Crippen LogP contribution is 2.44. The van der Waals surface area contributed by atoms with Crippen LogP contribution in [0.4, 0.5) is 5.69 Å². The molecule has 1 unspecified atom stereocenters. The normalized spacial score (nSPS) is 19.9. The molecule has 1 aromatic heterocycles. The average molecular weight is 420 g/mol. The minimum absolute atomic E-state index is 0.0210. The molecule has 1 aliphatic rings. The van der Waals surface area contributed by atoms with Crippen LogP contribution in [0.5, 0.6) is 5.75 Å². The molecule has 2 atom stereocenters. The van der Waals surface area contributed by atoms with Gasteiger partial charge in [-0.25, -0.2) is 4.98 Å². The molecule has 27 heavy (non-hydrogen) atoms. The molecule has 142 valence electrons. The summed E-state index contributed by atoms with van der Waals surface area (Å²) in [5.74, 6) is 2.06. The van der Waals surface area contributed by atoms with E-state index in [1.807, 2.05) is 24.3 Å². The van der Waals surface area contributed by atoms with Gasteiger partial charge in [0.2, 0.25) is 0 Å². The van der Waals surface area contributed by atoms with E-state index >= 15 is 0 Å². The lowest BCUT2D eigenvalue weighted by Crippen LogP contribution is -2.16. The zero-order chi connectivity index (χ0) is 19.2. The Balaban J connectivity index is 1.74. The number of hydrogen-bond donors (Lipinski definition) is 0. The van der Waals surface area contributed by atoms with Crippen LogP contribution >= 0.6 is 29.8 Å². The number of nitro groups is 1. The second kappa shape index (κ2) is 9.58. The van der Waals surface area contributed by atoms with Crippen molar-refractivity contribution in [2.75, 3.05) is 6.66 Å². The molecule has 0 amide bonds. The van der Waals surface area contributed by atoms with Gasteiger partial charge in [-0.15, -0.1) is 0 Å². The van der Waals surface area contributed by atoms with E-state index in [2.05, 4.69) is 18.6 Å². The standard InChI is InChI=1S/C19H21N2O3PS2/c1-13-9-10-14(12-13)19(25-2)24-16-7-3-4-8-17(16)26-27-18-15(21(22)23)6-5-11-20-18/h3-8,11,13-14H,9-10,12H2,1-2H3/t13?,14-/m0/s1. The lowest BCUT2D eigenvalue weighted by atomic mass is 10.1. The third-order valence-corrected chi connectivity index (χ3v) is 7.72. The number of ether oxygens (including phenoxy) is 1. The second-order valence-electron chi connectivity index (χ2n) is 6.48. The molecule has 1 fully saturated rings. The summed E-state index contributed by atoms with van der Waals surface area (Å²) in [7, 11) is 3.87. The largest absolute Gasteiger partial charge is 0.456 e. The Hall–Kier alpha value is -1.56. The second-order valence-corrected chi connectivity index (χ2v) is 9.53. The first-order valence-electron chi connectivity index (χ1n) is 8.76. The molecule has 0 N–H and O–H groups in total. The van der Waals surface area contributed by atoms with Gasteiger partial charge in [0.25, 0.3) is 0 Å². The van der Waals surface area contributed by atoms with Crippen LogP contribution in [0.2, 0.25) is 0 Å². The van der Waals surface area contributed by atoms with Crippen molar-refractivity contribution < 1.29 is 9.66 Å². The number of nitrogens with zero attached hydrogens (tertiary/aromatic N) is 2. The Morgan fingerprint density at radius 1 is 1.26 bits per heavy atom. The van der Waals surface area contributed by atoms with E-state index < -0.39 is 4.92 Å². The number of para-hydroxylation sites is 1. The number of hydrogen-bond acceptors (Lipinski definition) is 6. The van der Waals surface area contributed by atoms with E-state index in [1.54, 1.807) is 12.3 Å². The fourth-order valence-corrected chi connectivity index (χ4v) is 6.05. The van der Waals surface area contributed by atoms with Gasteiger partial charge < -0.3 is 4.74 Å². The summed E-state index contributed by atoms with van der Waals surface area (Å²) in [6, 6.07) is 10.9. The van der Waals surface area contributed by atoms with E-state index in [1.165, 1.54) is 46.9 Å². The zero-order valence-corrected chi connectivity index (χ0v) is 17.7. The van der Waals surface area contributed by atoms with Crippen LogP contribution in [0, 0.1) is 22.0 Å². The van der Waals surface area contributed by atoms with Crippen LogP contribution in [0.15, 0.2) is 52.5 Å². The third kappa shape index (κ3) is 5.24. The van der Waals surface area contributed by atoms with Crippen LogP contribution in [0.1, 0.15) is 26.2 Å². The quantitative estimate of drug-likeness (QED) is 0.226. The maximum absolute atomic E-state index is 11.2. The van der Waals surface area contributed by atoms with Crippen molar-refractivity contribution in [1.82, 2.24) is 4.98 Å². The number of benzene rings is 1. The predicted octanol–water partition coefficient (Wildman–Crippen LogP) is 6.31. The molecule has 0 saturated heterocycles. The van der Waals surface area contributed by atoms with Crippen LogP contribution in [-0.4, -0.2) is 22.1 Å². The first-order valence-corrected chi connectivity index (χ1v) is 12.2. The Morgan fingerprint density at radius 3 is 2.78 bits per heavy atom. The molecule has 0 spiro atoms. The van der Waals surface area contributed by atoms with Crippen LogP contribution < -0.4 is 4.74 Å². The van der Waals surface area contributed by atoms with Gasteiger partial charge in [-0.05, 0) is 71.6 Å². The molecule has 0 bridgehead atoms. The molecule has 3 rings (SSSR count). The minimum atomic E-state index is -0.401. The maximum atomic E-state index is 11.2. The van der Waals surface area contributed by atoms with Crippen molar-refractivity contribution in [3.8, 4) is 5.75 Å². The van der Waals surface area contributed by atoms with Gasteiger partial charge >= 0.3 is 5.69 Å². The van der Waals surface area contributed by atoms with E-state index in [-0.39, 0.29) is 5.69 Å². The zero-order valence-electron chi connectivity index (χ0n) is 15.2. The first-order chi connectivity index (χ1) is 13.1. The van der Waals surface area contributed by atoms with Crippen molar-refractivity contribution >= 4 is 41.0 Å². The number of pyridine rings is 1. The van der Waals surface area contributed by atoms with Crippen molar-refractivity contribution in [2.45, 2.75) is 36.1 Å². The molecule has 1 aromatic carbocycles. The number of aromatic nitrogens is 1. The molecule has 1 saturated carbocycles. The third-order valence-electron chi connectivity index (χ3n) is 4.49. The lowest BCUT2D eigenvalue weighted by Gasteiger charge is -2.17. The smallest absolute Gasteiger partial charge is 0.302 e. The Morgan fingerprint density at radius 2 is 2.07 bits per heavy atom. The molecule has 1 heterocycles. The summed E-state index contributed by atoms with van der Waals surface area (Å²) in [5, 5.41) is 11.6. The van der Waals surface area contributed by atoms with Gasteiger partial charge in [0, 0.05) is 18.2 Å². The molecule has 0 aliphatic heterocycles. The van der Waals surface area contributed by atoms with E-state index in [0.717, 1.165) is 30.2 Å². The van der Waals surface area contributed by atoms with Crippen molar-refractivity contribution in [2.24, 2.45) is 11.8 Å². The summed E-state index contributed by atoms with van der Waals surface area (Å²) in [6.07, 6.45) is 5.19. The van der Waals surface area contributed by atoms with Crippen LogP contribution in [-0.2, 0) is 0 Å². The van der Waals surface area contributed by atoms with Crippen LogP contribution in [0.25, 0.3) is 0 Å². The van der Waals surface area contributed by atoms with Gasteiger partial charge in [0.15, 0.2) is 5.03 Å². The monoisotopic (exact) mass is 420 g/mol. The predicted molar refractivity (Wildman–Crippen MR) is 114 cm³/mol. The van der Waals surface area contributed by atoms with Crippen molar-refractivity contribution in [3.63, 3.8) is 0 Å². The average Bonchev–Trinajstić information content (AvgIpc) is 3.11. The molecule has 0 radical (unpaired) electrons. The first kappa shape index (κ1) is 20.2. The van der Waals surface area contributed by atoms with Crippen molar-refractivity contribution in [3.05, 3.63) is 52.7 Å². The summed E-state index contributed by atoms with van der Waals surface area (Å²) < 4.78 is 6.31. The minimum Gasteiger partial charge on any atom is -0.456 e. The van der Waals surface area contributed by atoms with E-state index in [0.29, 0.717) is 10.9 Å².